The van der Waals surface area contributed by atoms with E-state index >= 15 is 0 Å². The van der Waals surface area contributed by atoms with Gasteiger partial charge in [0.05, 0.1) is 5.69 Å². The molecule has 0 aliphatic heterocycles. The molecule has 0 spiro atoms. The summed E-state index contributed by atoms with van der Waals surface area (Å²) >= 11 is 5.90. The smallest absolute Gasteiger partial charge is 0.203 e. The minimum absolute atomic E-state index is 0.635. The van der Waals surface area contributed by atoms with Crippen molar-refractivity contribution in [2.45, 2.75) is 38.8 Å². The lowest BCUT2D eigenvalue weighted by molar-refractivity contribution is 0.698. The molecule has 0 radical (unpaired) electrons. The van der Waals surface area contributed by atoms with E-state index in [1.807, 2.05) is 19.1 Å². The fourth-order valence-corrected chi connectivity index (χ4v) is 2.27. The predicted molar refractivity (Wildman–Crippen MR) is 78.8 cm³/mol. The van der Waals surface area contributed by atoms with Crippen LogP contribution >= 0.6 is 11.6 Å². The number of nitrogens with one attached hydrogen (secondary N) is 1. The van der Waals surface area contributed by atoms with Crippen molar-refractivity contribution in [2.75, 3.05) is 5.32 Å². The number of imidazole rings is 1. The number of rotatable bonds is 5. The Bertz CT molecular complexity index is 555. The highest BCUT2D eigenvalue weighted by molar-refractivity contribution is 6.30. The number of aromatic nitrogens is 2. The van der Waals surface area contributed by atoms with Crippen LogP contribution in [0.2, 0.25) is 5.02 Å². The van der Waals surface area contributed by atoms with Gasteiger partial charge in [-0.25, -0.2) is 4.98 Å². The van der Waals surface area contributed by atoms with Crippen LogP contribution in [0.3, 0.4) is 0 Å². The molecule has 0 saturated heterocycles. The van der Waals surface area contributed by atoms with Crippen molar-refractivity contribution in [1.29, 1.82) is 0 Å². The lowest BCUT2D eigenvalue weighted by atomic mass is 10.1. The molecule has 1 aliphatic carbocycles. The molecule has 3 nitrogen and oxygen atoms in total. The summed E-state index contributed by atoms with van der Waals surface area (Å²) in [4.78, 5) is 4.55. The van der Waals surface area contributed by atoms with Crippen molar-refractivity contribution in [3.63, 3.8) is 0 Å². The van der Waals surface area contributed by atoms with Crippen LogP contribution in [0.5, 0.6) is 0 Å². The molecule has 100 valence electrons. The van der Waals surface area contributed by atoms with E-state index in [4.69, 9.17) is 11.6 Å². The molecule has 1 aliphatic rings. The van der Waals surface area contributed by atoms with Gasteiger partial charge in [-0.3, -0.25) is 0 Å². The van der Waals surface area contributed by atoms with Crippen LogP contribution in [0.1, 0.15) is 24.1 Å². The van der Waals surface area contributed by atoms with E-state index in [0.717, 1.165) is 29.6 Å². The zero-order valence-electron chi connectivity index (χ0n) is 11.1. The molecule has 3 rings (SSSR count). The predicted octanol–water partition coefficient (Wildman–Crippen LogP) is 3.66. The average molecular weight is 276 g/mol. The van der Waals surface area contributed by atoms with Crippen molar-refractivity contribution in [3.8, 4) is 0 Å². The fourth-order valence-electron chi connectivity index (χ4n) is 2.14. The second-order valence-electron chi connectivity index (χ2n) is 5.19. The largest absolute Gasteiger partial charge is 0.353 e. The Kier molecular flexibility index (Phi) is 3.47. The Labute approximate surface area is 118 Å². The lowest BCUT2D eigenvalue weighted by Gasteiger charge is -2.09. The van der Waals surface area contributed by atoms with Gasteiger partial charge in [-0.15, -0.1) is 0 Å². The van der Waals surface area contributed by atoms with Gasteiger partial charge in [0, 0.05) is 23.8 Å². The van der Waals surface area contributed by atoms with Gasteiger partial charge >= 0.3 is 0 Å². The van der Waals surface area contributed by atoms with E-state index in [1.54, 1.807) is 0 Å². The van der Waals surface area contributed by atoms with Crippen molar-refractivity contribution in [2.24, 2.45) is 0 Å². The first-order chi connectivity index (χ1) is 9.20. The number of hydrogen-bond donors (Lipinski definition) is 1. The van der Waals surface area contributed by atoms with Gasteiger partial charge in [0.2, 0.25) is 5.95 Å². The summed E-state index contributed by atoms with van der Waals surface area (Å²) in [6, 6.07) is 8.69. The fraction of sp³-hybridized carbons (Fsp3) is 0.400. The highest BCUT2D eigenvalue weighted by Crippen LogP contribution is 2.24. The second-order valence-corrected chi connectivity index (χ2v) is 5.63. The molecule has 2 aromatic rings. The Morgan fingerprint density at radius 2 is 2.05 bits per heavy atom. The van der Waals surface area contributed by atoms with E-state index in [2.05, 4.69) is 33.2 Å². The van der Waals surface area contributed by atoms with Crippen molar-refractivity contribution >= 4 is 17.5 Å². The molecule has 1 N–H and O–H groups in total. The van der Waals surface area contributed by atoms with Crippen LogP contribution in [0, 0.1) is 6.92 Å². The second kappa shape index (κ2) is 5.25. The number of aryl methyl sites for hydroxylation is 3. The molecule has 4 heteroatoms. The number of hydrogen-bond acceptors (Lipinski definition) is 2. The highest BCUT2D eigenvalue weighted by Gasteiger charge is 2.22. The first-order valence-electron chi connectivity index (χ1n) is 6.75. The van der Waals surface area contributed by atoms with Gasteiger partial charge in [-0.2, -0.15) is 0 Å². The Balaban J connectivity index is 1.66. The molecule has 0 unspecified atom stereocenters. The Hall–Kier alpha value is -1.48. The molecular weight excluding hydrogens is 258 g/mol. The summed E-state index contributed by atoms with van der Waals surface area (Å²) in [6.07, 6.45) is 5.64. The Morgan fingerprint density at radius 3 is 2.74 bits per heavy atom. The summed E-state index contributed by atoms with van der Waals surface area (Å²) in [7, 11) is 0. The van der Waals surface area contributed by atoms with Crippen LogP contribution in [0.25, 0.3) is 0 Å². The third-order valence-electron chi connectivity index (χ3n) is 3.36. The molecule has 0 amide bonds. The number of nitrogens with zero attached hydrogens (tertiary/aromatic N) is 2. The van der Waals surface area contributed by atoms with Crippen LogP contribution < -0.4 is 5.32 Å². The molecule has 1 heterocycles. The maximum Gasteiger partial charge on any atom is 0.203 e. The van der Waals surface area contributed by atoms with Crippen LogP contribution in [-0.2, 0) is 13.0 Å². The maximum atomic E-state index is 5.90. The van der Waals surface area contributed by atoms with Gasteiger partial charge < -0.3 is 9.88 Å². The SMILES string of the molecule is Cc1cn(CCc2ccc(Cl)cc2)c(NC2CC2)n1. The average Bonchev–Trinajstić information content (AvgIpc) is 3.13. The number of halogens is 1. The zero-order valence-corrected chi connectivity index (χ0v) is 11.8. The molecule has 1 aromatic carbocycles. The summed E-state index contributed by atoms with van der Waals surface area (Å²) in [5.41, 5.74) is 2.37. The van der Waals surface area contributed by atoms with Crippen LogP contribution in [-0.4, -0.2) is 15.6 Å². The normalized spacial score (nSPS) is 14.6. The molecule has 1 aromatic heterocycles. The molecule has 19 heavy (non-hydrogen) atoms. The quantitative estimate of drug-likeness (QED) is 0.902. The Morgan fingerprint density at radius 1 is 1.32 bits per heavy atom. The standard InChI is InChI=1S/C15H18ClN3/c1-11-10-19(15(17-11)18-14-6-7-14)9-8-12-2-4-13(16)5-3-12/h2-5,10,14H,6-9H2,1H3,(H,17,18). The topological polar surface area (TPSA) is 29.9 Å². The molecule has 0 bridgehead atoms. The first kappa shape index (κ1) is 12.5. The number of benzene rings is 1. The van der Waals surface area contributed by atoms with Gasteiger partial charge in [0.15, 0.2) is 0 Å². The van der Waals surface area contributed by atoms with E-state index in [1.165, 1.54) is 18.4 Å². The molecule has 1 fully saturated rings. The lowest BCUT2D eigenvalue weighted by Crippen LogP contribution is -2.10. The highest BCUT2D eigenvalue weighted by atomic mass is 35.5. The van der Waals surface area contributed by atoms with E-state index in [-0.39, 0.29) is 0 Å². The molecule has 1 saturated carbocycles. The van der Waals surface area contributed by atoms with Gasteiger partial charge in [-0.05, 0) is 43.9 Å². The molecular formula is C15H18ClN3. The van der Waals surface area contributed by atoms with E-state index in [9.17, 15) is 0 Å². The summed E-state index contributed by atoms with van der Waals surface area (Å²) in [5, 5.41) is 4.27. The van der Waals surface area contributed by atoms with Crippen molar-refractivity contribution < 1.29 is 0 Å². The van der Waals surface area contributed by atoms with Gasteiger partial charge in [-0.1, -0.05) is 23.7 Å². The minimum Gasteiger partial charge on any atom is -0.353 e. The van der Waals surface area contributed by atoms with Crippen LogP contribution in [0.4, 0.5) is 5.95 Å². The maximum absolute atomic E-state index is 5.90. The van der Waals surface area contributed by atoms with Gasteiger partial charge in [0.25, 0.3) is 0 Å². The molecule has 0 atom stereocenters. The summed E-state index contributed by atoms with van der Waals surface area (Å²) < 4.78 is 2.21. The van der Waals surface area contributed by atoms with Crippen LogP contribution in [0.15, 0.2) is 30.5 Å². The monoisotopic (exact) mass is 275 g/mol. The summed E-state index contributed by atoms with van der Waals surface area (Å²) in [6.45, 7) is 2.98. The van der Waals surface area contributed by atoms with Gasteiger partial charge in [0.1, 0.15) is 0 Å². The third-order valence-corrected chi connectivity index (χ3v) is 3.61. The van der Waals surface area contributed by atoms with Crippen molar-refractivity contribution in [1.82, 2.24) is 9.55 Å². The summed E-state index contributed by atoms with van der Waals surface area (Å²) in [5.74, 6) is 1.01. The van der Waals surface area contributed by atoms with Crippen molar-refractivity contribution in [3.05, 3.63) is 46.7 Å². The third kappa shape index (κ3) is 3.29. The minimum atomic E-state index is 0.635. The number of anilines is 1. The zero-order chi connectivity index (χ0) is 13.2. The van der Waals surface area contributed by atoms with E-state index in [0.29, 0.717) is 6.04 Å². The first-order valence-corrected chi connectivity index (χ1v) is 7.13. The van der Waals surface area contributed by atoms with E-state index < -0.39 is 0 Å².